The van der Waals surface area contributed by atoms with Gasteiger partial charge in [0.15, 0.2) is 0 Å². The lowest BCUT2D eigenvalue weighted by Gasteiger charge is -2.07. The highest BCUT2D eigenvalue weighted by atomic mass is 32.2. The monoisotopic (exact) mass is 330 g/mol. The van der Waals surface area contributed by atoms with Crippen LogP contribution >= 0.6 is 11.3 Å². The normalized spacial score (nSPS) is 12.0. The largest absolute Gasteiger partial charge is 0.394 e. The van der Waals surface area contributed by atoms with Crippen LogP contribution in [0.15, 0.2) is 15.8 Å². The Morgan fingerprint density at radius 1 is 1.43 bits per heavy atom. The summed E-state index contributed by atoms with van der Waals surface area (Å²) < 4.78 is 28.8. The highest BCUT2D eigenvalue weighted by Crippen LogP contribution is 2.19. The fourth-order valence-corrected chi connectivity index (χ4v) is 4.16. The van der Waals surface area contributed by atoms with Crippen molar-refractivity contribution < 1.29 is 13.5 Å². The highest BCUT2D eigenvalue weighted by molar-refractivity contribution is 7.89. The number of aliphatic hydroxyl groups excluding tert-OH is 1. The maximum atomic E-state index is 12.4. The van der Waals surface area contributed by atoms with Crippen molar-refractivity contribution in [3.05, 3.63) is 28.0 Å². The number of aryl methyl sites for hydroxylation is 1. The molecule has 0 unspecified atom stereocenters. The van der Waals surface area contributed by atoms with E-state index in [1.54, 1.807) is 19.4 Å². The molecule has 2 aromatic rings. The number of nitrogens with zero attached hydrogens (tertiary/aromatic N) is 3. The van der Waals surface area contributed by atoms with E-state index in [0.29, 0.717) is 17.8 Å². The average molecular weight is 330 g/mol. The van der Waals surface area contributed by atoms with Crippen LogP contribution < -0.4 is 4.72 Å². The third-order valence-electron chi connectivity index (χ3n) is 3.05. The maximum Gasteiger partial charge on any atom is 0.244 e. The molecule has 2 rings (SSSR count). The molecule has 0 spiro atoms. The topological polar surface area (TPSA) is 97.1 Å². The van der Waals surface area contributed by atoms with Crippen LogP contribution in [-0.2, 0) is 23.0 Å². The zero-order valence-corrected chi connectivity index (χ0v) is 13.5. The Hall–Kier alpha value is -1.29. The quantitative estimate of drug-likeness (QED) is 0.769. The number of rotatable bonds is 7. The second kappa shape index (κ2) is 6.65. The van der Waals surface area contributed by atoms with E-state index in [0.717, 1.165) is 5.69 Å². The van der Waals surface area contributed by atoms with Crippen LogP contribution in [0.1, 0.15) is 17.1 Å². The SMILES string of the molecule is Cc1nn(CCO)c(C)c1S(=O)(=O)NCCc1cscn1. The van der Waals surface area contributed by atoms with Gasteiger partial charge in [0.2, 0.25) is 10.0 Å². The zero-order valence-electron chi connectivity index (χ0n) is 11.9. The van der Waals surface area contributed by atoms with Crippen LogP contribution in [0, 0.1) is 13.8 Å². The molecule has 0 radical (unpaired) electrons. The Morgan fingerprint density at radius 2 is 2.19 bits per heavy atom. The molecule has 0 aliphatic carbocycles. The minimum Gasteiger partial charge on any atom is -0.394 e. The van der Waals surface area contributed by atoms with Crippen molar-refractivity contribution in [2.24, 2.45) is 0 Å². The van der Waals surface area contributed by atoms with Crippen LogP contribution in [0.5, 0.6) is 0 Å². The maximum absolute atomic E-state index is 12.4. The van der Waals surface area contributed by atoms with Gasteiger partial charge in [0.1, 0.15) is 4.90 Å². The van der Waals surface area contributed by atoms with E-state index < -0.39 is 10.0 Å². The molecule has 21 heavy (non-hydrogen) atoms. The van der Waals surface area contributed by atoms with Gasteiger partial charge in [0.05, 0.1) is 35.7 Å². The number of aliphatic hydroxyl groups is 1. The first-order valence-electron chi connectivity index (χ1n) is 6.47. The zero-order chi connectivity index (χ0) is 15.5. The summed E-state index contributed by atoms with van der Waals surface area (Å²) in [4.78, 5) is 4.30. The Morgan fingerprint density at radius 3 is 2.81 bits per heavy atom. The smallest absolute Gasteiger partial charge is 0.244 e. The molecule has 7 nitrogen and oxygen atoms in total. The highest BCUT2D eigenvalue weighted by Gasteiger charge is 2.24. The summed E-state index contributed by atoms with van der Waals surface area (Å²) in [6.45, 7) is 3.82. The van der Waals surface area contributed by atoms with E-state index in [-0.39, 0.29) is 24.6 Å². The van der Waals surface area contributed by atoms with Gasteiger partial charge in [-0.05, 0) is 13.8 Å². The van der Waals surface area contributed by atoms with E-state index >= 15 is 0 Å². The van der Waals surface area contributed by atoms with Gasteiger partial charge in [-0.15, -0.1) is 11.3 Å². The fourth-order valence-electron chi connectivity index (χ4n) is 2.13. The van der Waals surface area contributed by atoms with Gasteiger partial charge < -0.3 is 5.11 Å². The molecule has 0 aliphatic heterocycles. The average Bonchev–Trinajstić information content (AvgIpc) is 2.99. The molecule has 2 N–H and O–H groups in total. The molecule has 0 bridgehead atoms. The standard InChI is InChI=1S/C12H18N4O3S2/c1-9-12(10(2)16(15-9)5-6-17)21(18,19)14-4-3-11-7-20-8-13-11/h7-8,14,17H,3-6H2,1-2H3. The van der Waals surface area contributed by atoms with Gasteiger partial charge >= 0.3 is 0 Å². The molecule has 0 fully saturated rings. The van der Waals surface area contributed by atoms with Crippen molar-refractivity contribution in [2.45, 2.75) is 31.7 Å². The number of aromatic nitrogens is 3. The lowest BCUT2D eigenvalue weighted by atomic mass is 10.3. The number of sulfonamides is 1. The van der Waals surface area contributed by atoms with Crippen molar-refractivity contribution in [3.63, 3.8) is 0 Å². The molecule has 0 saturated heterocycles. The van der Waals surface area contributed by atoms with Gasteiger partial charge in [-0.1, -0.05) is 0 Å². The first kappa shape index (κ1) is 16.1. The molecule has 0 atom stereocenters. The minimum atomic E-state index is -3.61. The predicted molar refractivity (Wildman–Crippen MR) is 79.8 cm³/mol. The van der Waals surface area contributed by atoms with Gasteiger partial charge in [-0.25, -0.2) is 18.1 Å². The van der Waals surface area contributed by atoms with E-state index in [1.165, 1.54) is 16.0 Å². The molecule has 116 valence electrons. The predicted octanol–water partition coefficient (Wildman–Crippen LogP) is 0.470. The summed E-state index contributed by atoms with van der Waals surface area (Å²) in [6, 6.07) is 0. The minimum absolute atomic E-state index is 0.0846. The lowest BCUT2D eigenvalue weighted by molar-refractivity contribution is 0.267. The first-order valence-corrected chi connectivity index (χ1v) is 8.90. The van der Waals surface area contributed by atoms with Gasteiger partial charge in [-0.3, -0.25) is 4.68 Å². The Bertz CT molecular complexity index is 692. The molecule has 0 saturated carbocycles. The Labute approximate surface area is 127 Å². The summed E-state index contributed by atoms with van der Waals surface area (Å²) in [5, 5.41) is 15.0. The molecular formula is C12H18N4O3S2. The third-order valence-corrected chi connectivity index (χ3v) is 5.40. The number of nitrogens with one attached hydrogen (secondary N) is 1. The van der Waals surface area contributed by atoms with Crippen LogP contribution in [0.2, 0.25) is 0 Å². The molecule has 2 aromatic heterocycles. The number of hydrogen-bond donors (Lipinski definition) is 2. The van der Waals surface area contributed by atoms with Gasteiger partial charge in [0, 0.05) is 18.3 Å². The van der Waals surface area contributed by atoms with Crippen molar-refractivity contribution in [3.8, 4) is 0 Å². The summed E-state index contributed by atoms with van der Waals surface area (Å²) in [5.74, 6) is 0. The molecular weight excluding hydrogens is 312 g/mol. The van der Waals surface area contributed by atoms with Crippen LogP contribution in [0.25, 0.3) is 0 Å². The van der Waals surface area contributed by atoms with Crippen LogP contribution in [0.4, 0.5) is 0 Å². The van der Waals surface area contributed by atoms with Gasteiger partial charge in [0.25, 0.3) is 0 Å². The van der Waals surface area contributed by atoms with Gasteiger partial charge in [-0.2, -0.15) is 5.10 Å². The van der Waals surface area contributed by atoms with Crippen molar-refractivity contribution >= 4 is 21.4 Å². The number of thiazole rings is 1. The molecule has 2 heterocycles. The van der Waals surface area contributed by atoms with Crippen LogP contribution in [0.3, 0.4) is 0 Å². The van der Waals surface area contributed by atoms with Crippen molar-refractivity contribution in [2.75, 3.05) is 13.2 Å². The van der Waals surface area contributed by atoms with E-state index in [9.17, 15) is 8.42 Å². The van der Waals surface area contributed by atoms with Crippen LogP contribution in [-0.4, -0.2) is 41.4 Å². The lowest BCUT2D eigenvalue weighted by Crippen LogP contribution is -2.27. The molecule has 0 aliphatic rings. The second-order valence-corrected chi connectivity index (χ2v) is 7.00. The first-order chi connectivity index (χ1) is 9.95. The summed E-state index contributed by atoms with van der Waals surface area (Å²) in [7, 11) is -3.61. The molecule has 0 amide bonds. The Balaban J connectivity index is 2.12. The fraction of sp³-hybridized carbons (Fsp3) is 0.500. The van der Waals surface area contributed by atoms with Crippen molar-refractivity contribution in [1.82, 2.24) is 19.5 Å². The van der Waals surface area contributed by atoms with E-state index in [4.69, 9.17) is 5.11 Å². The summed E-state index contributed by atoms with van der Waals surface area (Å²) in [6.07, 6.45) is 0.547. The Kier molecular flexibility index (Phi) is 5.09. The molecule has 0 aromatic carbocycles. The summed E-state index contributed by atoms with van der Waals surface area (Å²) >= 11 is 1.48. The number of hydrogen-bond acceptors (Lipinski definition) is 6. The second-order valence-electron chi connectivity index (χ2n) is 4.57. The third kappa shape index (κ3) is 3.67. The molecule has 9 heteroatoms. The summed E-state index contributed by atoms with van der Waals surface area (Å²) in [5.41, 5.74) is 3.55. The van der Waals surface area contributed by atoms with Crippen molar-refractivity contribution in [1.29, 1.82) is 0 Å². The van der Waals surface area contributed by atoms with E-state index in [1.807, 2.05) is 5.38 Å². The van der Waals surface area contributed by atoms with E-state index in [2.05, 4.69) is 14.8 Å².